The third-order valence-electron chi connectivity index (χ3n) is 4.34. The second-order valence-corrected chi connectivity index (χ2v) is 7.24. The molecule has 0 spiro atoms. The minimum Gasteiger partial charge on any atom is -0.486 e. The number of unbranched alkanes of at least 4 members (excludes halogenated alkanes) is 1. The number of nitrogens with zero attached hydrogens (tertiary/aromatic N) is 2. The van der Waals surface area contributed by atoms with E-state index in [0.29, 0.717) is 6.61 Å². The van der Waals surface area contributed by atoms with Crippen molar-refractivity contribution in [1.29, 1.82) is 0 Å². The molecule has 0 saturated heterocycles. The third kappa shape index (κ3) is 6.56. The summed E-state index contributed by atoms with van der Waals surface area (Å²) < 4.78 is 21.1. The second kappa shape index (κ2) is 11.1. The highest BCUT2D eigenvalue weighted by Gasteiger charge is 2.32. The average Bonchev–Trinajstić information content (AvgIpc) is 2.77. The van der Waals surface area contributed by atoms with Crippen molar-refractivity contribution in [2.24, 2.45) is 0 Å². The van der Waals surface area contributed by atoms with E-state index in [9.17, 15) is 9.59 Å². The molecule has 1 aromatic heterocycles. The van der Waals surface area contributed by atoms with Gasteiger partial charge < -0.3 is 24.3 Å². The van der Waals surface area contributed by atoms with Gasteiger partial charge in [0.15, 0.2) is 11.5 Å². The molecule has 1 amide bonds. The van der Waals surface area contributed by atoms with Crippen LogP contribution in [0.3, 0.4) is 0 Å². The lowest BCUT2D eigenvalue weighted by Gasteiger charge is -2.25. The summed E-state index contributed by atoms with van der Waals surface area (Å²) in [7, 11) is 2.66. The summed E-state index contributed by atoms with van der Waals surface area (Å²) in [6, 6.07) is 9.31. The summed E-state index contributed by atoms with van der Waals surface area (Å²) in [5.74, 6) is -0.372. The van der Waals surface area contributed by atoms with Gasteiger partial charge >= 0.3 is 12.1 Å². The van der Waals surface area contributed by atoms with Crippen LogP contribution in [0.4, 0.5) is 4.79 Å². The first-order valence-corrected chi connectivity index (χ1v) is 9.98. The van der Waals surface area contributed by atoms with Crippen molar-refractivity contribution < 1.29 is 28.5 Å². The Labute approximate surface area is 182 Å². The standard InChI is InChI=1S/C22H29N3O6/c1-6-7-13-30-17-16(19(26)29-5)23-20(24-18(17)28-4)22(2,3)25-21(27)31-14-15-11-9-8-10-12-15/h8-12H,6-7,13-14H2,1-5H3,(H,25,27). The van der Waals surface area contributed by atoms with Crippen LogP contribution in [0.15, 0.2) is 30.3 Å². The van der Waals surface area contributed by atoms with Crippen LogP contribution in [0.5, 0.6) is 11.6 Å². The Morgan fingerprint density at radius 2 is 1.81 bits per heavy atom. The Kier molecular flexibility index (Phi) is 8.60. The molecule has 0 fully saturated rings. The van der Waals surface area contributed by atoms with Crippen molar-refractivity contribution in [3.63, 3.8) is 0 Å². The number of benzene rings is 1. The summed E-state index contributed by atoms with van der Waals surface area (Å²) in [5, 5.41) is 2.72. The highest BCUT2D eigenvalue weighted by Crippen LogP contribution is 2.31. The quantitative estimate of drug-likeness (QED) is 0.449. The molecule has 0 aliphatic rings. The van der Waals surface area contributed by atoms with Gasteiger partial charge in [-0.2, -0.15) is 4.98 Å². The maximum atomic E-state index is 12.3. The molecule has 9 nitrogen and oxygen atoms in total. The molecule has 1 N–H and O–H groups in total. The van der Waals surface area contributed by atoms with Gasteiger partial charge in [-0.25, -0.2) is 14.6 Å². The number of ether oxygens (including phenoxy) is 4. The van der Waals surface area contributed by atoms with E-state index in [2.05, 4.69) is 15.3 Å². The molecule has 0 atom stereocenters. The fraction of sp³-hybridized carbons (Fsp3) is 0.455. The number of carbonyl (C=O) groups is 2. The van der Waals surface area contributed by atoms with Gasteiger partial charge in [-0.15, -0.1) is 0 Å². The van der Waals surface area contributed by atoms with E-state index < -0.39 is 17.6 Å². The number of esters is 1. The summed E-state index contributed by atoms with van der Waals surface area (Å²) in [6.45, 7) is 5.87. The van der Waals surface area contributed by atoms with Crippen molar-refractivity contribution in [2.45, 2.75) is 45.8 Å². The molecule has 2 aromatic rings. The molecule has 0 radical (unpaired) electrons. The van der Waals surface area contributed by atoms with Crippen molar-refractivity contribution in [1.82, 2.24) is 15.3 Å². The Hall–Kier alpha value is -3.36. The zero-order valence-electron chi connectivity index (χ0n) is 18.6. The number of amides is 1. The fourth-order valence-corrected chi connectivity index (χ4v) is 2.60. The van der Waals surface area contributed by atoms with Gasteiger partial charge in [0.2, 0.25) is 5.75 Å². The van der Waals surface area contributed by atoms with Gasteiger partial charge in [-0.1, -0.05) is 43.7 Å². The Morgan fingerprint density at radius 3 is 2.42 bits per heavy atom. The molecule has 0 bridgehead atoms. The number of alkyl carbamates (subject to hydrolysis) is 1. The summed E-state index contributed by atoms with van der Waals surface area (Å²) in [4.78, 5) is 33.3. The van der Waals surface area contributed by atoms with Crippen LogP contribution in [0.25, 0.3) is 0 Å². The molecular weight excluding hydrogens is 402 g/mol. The number of aromatic nitrogens is 2. The monoisotopic (exact) mass is 431 g/mol. The number of hydrogen-bond donors (Lipinski definition) is 1. The van der Waals surface area contributed by atoms with E-state index in [4.69, 9.17) is 18.9 Å². The highest BCUT2D eigenvalue weighted by molar-refractivity contribution is 5.91. The van der Waals surface area contributed by atoms with Crippen molar-refractivity contribution in [2.75, 3.05) is 20.8 Å². The normalized spacial score (nSPS) is 10.9. The molecule has 168 valence electrons. The smallest absolute Gasteiger partial charge is 0.408 e. The van der Waals surface area contributed by atoms with Crippen molar-refractivity contribution >= 4 is 12.1 Å². The molecule has 0 aliphatic carbocycles. The predicted molar refractivity (Wildman–Crippen MR) is 113 cm³/mol. The molecule has 0 unspecified atom stereocenters. The topological polar surface area (TPSA) is 109 Å². The molecule has 9 heteroatoms. The molecule has 0 saturated carbocycles. The van der Waals surface area contributed by atoms with E-state index in [1.54, 1.807) is 13.8 Å². The first-order chi connectivity index (χ1) is 14.8. The predicted octanol–water partition coefficient (Wildman–Crippen LogP) is 3.61. The molecule has 31 heavy (non-hydrogen) atoms. The SMILES string of the molecule is CCCCOc1c(OC)nc(C(C)(C)NC(=O)OCc2ccccc2)nc1C(=O)OC. The van der Waals surface area contributed by atoms with Crippen LogP contribution in [0.1, 0.15) is 55.5 Å². The minimum atomic E-state index is -1.08. The van der Waals surface area contributed by atoms with Crippen LogP contribution in [0, 0.1) is 0 Å². The van der Waals surface area contributed by atoms with E-state index in [0.717, 1.165) is 18.4 Å². The van der Waals surface area contributed by atoms with E-state index in [1.165, 1.54) is 14.2 Å². The van der Waals surface area contributed by atoms with Crippen molar-refractivity contribution in [3.8, 4) is 11.6 Å². The number of rotatable bonds is 10. The summed E-state index contributed by atoms with van der Waals surface area (Å²) in [6.07, 6.45) is 1.04. The number of carbonyl (C=O) groups excluding carboxylic acids is 2. The van der Waals surface area contributed by atoms with E-state index in [1.807, 2.05) is 37.3 Å². The lowest BCUT2D eigenvalue weighted by Crippen LogP contribution is -2.43. The summed E-state index contributed by atoms with van der Waals surface area (Å²) >= 11 is 0. The summed E-state index contributed by atoms with van der Waals surface area (Å²) in [5.41, 5.74) is -0.297. The second-order valence-electron chi connectivity index (χ2n) is 7.24. The lowest BCUT2D eigenvalue weighted by molar-refractivity contribution is 0.0586. The first kappa shape index (κ1) is 23.9. The van der Waals surface area contributed by atoms with E-state index in [-0.39, 0.29) is 29.8 Å². The average molecular weight is 431 g/mol. The van der Waals surface area contributed by atoms with Crippen LogP contribution in [-0.2, 0) is 21.6 Å². The third-order valence-corrected chi connectivity index (χ3v) is 4.34. The maximum absolute atomic E-state index is 12.3. The molecule has 0 aliphatic heterocycles. The Balaban J connectivity index is 2.25. The number of hydrogen-bond acceptors (Lipinski definition) is 8. The lowest BCUT2D eigenvalue weighted by atomic mass is 10.0. The van der Waals surface area contributed by atoms with Crippen LogP contribution < -0.4 is 14.8 Å². The van der Waals surface area contributed by atoms with Crippen molar-refractivity contribution in [3.05, 3.63) is 47.4 Å². The Bertz CT molecular complexity index is 886. The maximum Gasteiger partial charge on any atom is 0.408 e. The highest BCUT2D eigenvalue weighted by atomic mass is 16.5. The van der Waals surface area contributed by atoms with Gasteiger partial charge in [0.1, 0.15) is 6.61 Å². The largest absolute Gasteiger partial charge is 0.486 e. The molecule has 1 heterocycles. The van der Waals surface area contributed by atoms with Gasteiger partial charge in [-0.05, 0) is 25.8 Å². The minimum absolute atomic E-state index is 0.0759. The van der Waals surface area contributed by atoms with Gasteiger partial charge in [0.25, 0.3) is 5.88 Å². The molecule has 1 aromatic carbocycles. The molecule has 2 rings (SSSR count). The fourth-order valence-electron chi connectivity index (χ4n) is 2.60. The van der Waals surface area contributed by atoms with Crippen LogP contribution >= 0.6 is 0 Å². The zero-order chi connectivity index (χ0) is 22.9. The van der Waals surface area contributed by atoms with Gasteiger partial charge in [0.05, 0.1) is 26.4 Å². The zero-order valence-corrected chi connectivity index (χ0v) is 18.6. The van der Waals surface area contributed by atoms with Crippen LogP contribution in [-0.4, -0.2) is 42.9 Å². The molecular formula is C22H29N3O6. The van der Waals surface area contributed by atoms with Gasteiger partial charge in [0, 0.05) is 0 Å². The van der Waals surface area contributed by atoms with Crippen LogP contribution in [0.2, 0.25) is 0 Å². The van der Waals surface area contributed by atoms with Gasteiger partial charge in [-0.3, -0.25) is 0 Å². The first-order valence-electron chi connectivity index (χ1n) is 9.98. The number of nitrogens with one attached hydrogen (secondary N) is 1. The number of methoxy groups -OCH3 is 2. The Morgan fingerprint density at radius 1 is 1.10 bits per heavy atom. The van der Waals surface area contributed by atoms with E-state index >= 15 is 0 Å².